The smallest absolute Gasteiger partial charge is 0.260 e. The number of carbonyl (C=O) groups excluding carboxylic acids is 2. The molecular formula is C27H32N2O3S. The van der Waals surface area contributed by atoms with E-state index in [2.05, 4.69) is 29.3 Å². The highest BCUT2D eigenvalue weighted by atomic mass is 32.2. The largest absolute Gasteiger partial charge is 0.383 e. The summed E-state index contributed by atoms with van der Waals surface area (Å²) in [6.45, 7) is 3.73. The van der Waals surface area contributed by atoms with Crippen LogP contribution in [-0.2, 0) is 16.1 Å². The molecule has 2 atom stereocenters. The quantitative estimate of drug-likeness (QED) is 0.472. The number of benzene rings is 2. The first-order valence-electron chi connectivity index (χ1n) is 11.7. The molecule has 2 amide bonds. The van der Waals surface area contributed by atoms with E-state index in [9.17, 15) is 9.59 Å². The number of fused-ring (bicyclic) bond motifs is 1. The maximum absolute atomic E-state index is 13.6. The molecular weight excluding hydrogens is 432 g/mol. The summed E-state index contributed by atoms with van der Waals surface area (Å²) in [5, 5.41) is 3.27. The van der Waals surface area contributed by atoms with Crippen LogP contribution in [0.3, 0.4) is 0 Å². The van der Waals surface area contributed by atoms with E-state index in [0.717, 1.165) is 23.3 Å². The van der Waals surface area contributed by atoms with Gasteiger partial charge in [0.05, 0.1) is 11.5 Å². The Morgan fingerprint density at radius 2 is 1.91 bits per heavy atom. The van der Waals surface area contributed by atoms with Gasteiger partial charge >= 0.3 is 0 Å². The van der Waals surface area contributed by atoms with E-state index in [4.69, 9.17) is 4.74 Å². The number of rotatable bonds is 7. The minimum absolute atomic E-state index is 0.118. The highest BCUT2D eigenvalue weighted by molar-refractivity contribution is 8.04. The summed E-state index contributed by atoms with van der Waals surface area (Å²) in [5.41, 5.74) is 3.97. The third-order valence-corrected chi connectivity index (χ3v) is 7.88. The number of ether oxygens (including phenoxy) is 1. The Morgan fingerprint density at radius 1 is 1.15 bits per heavy atom. The molecule has 2 aromatic rings. The highest BCUT2D eigenvalue weighted by Crippen LogP contribution is 2.42. The molecule has 1 aliphatic heterocycles. The van der Waals surface area contributed by atoms with Crippen LogP contribution >= 0.6 is 11.8 Å². The van der Waals surface area contributed by atoms with Crippen LogP contribution in [-0.4, -0.2) is 48.3 Å². The standard InChI is InChI=1S/C27H32N2O3S/c1-19-7-3-4-8-22(19)18-29-23-9-5-6-10-24(23)33-25(27(29)31)17-20-11-13-21(14-12-20)26(30)28-15-16-32-2/h3-4,7-8,11-14,17,23-24H,5-6,9-10,15-16,18H2,1-2H3,(H,28,30)/b25-17+. The molecule has 1 aliphatic carbocycles. The normalized spacial score (nSPS) is 21.7. The van der Waals surface area contributed by atoms with Crippen molar-refractivity contribution in [1.29, 1.82) is 0 Å². The maximum Gasteiger partial charge on any atom is 0.260 e. The van der Waals surface area contributed by atoms with Crippen LogP contribution in [0.1, 0.15) is 52.7 Å². The fourth-order valence-corrected chi connectivity index (χ4v) is 6.06. The van der Waals surface area contributed by atoms with Crippen molar-refractivity contribution in [1.82, 2.24) is 10.2 Å². The lowest BCUT2D eigenvalue weighted by Crippen LogP contribution is -2.50. The van der Waals surface area contributed by atoms with Gasteiger partial charge in [0.2, 0.25) is 0 Å². The van der Waals surface area contributed by atoms with Crippen molar-refractivity contribution < 1.29 is 14.3 Å². The van der Waals surface area contributed by atoms with Crippen LogP contribution in [0.5, 0.6) is 0 Å². The van der Waals surface area contributed by atoms with E-state index in [0.29, 0.717) is 36.6 Å². The van der Waals surface area contributed by atoms with E-state index in [1.54, 1.807) is 31.0 Å². The second-order valence-electron chi connectivity index (χ2n) is 8.75. The van der Waals surface area contributed by atoms with Crippen LogP contribution in [0.4, 0.5) is 0 Å². The molecule has 4 rings (SSSR count). The van der Waals surface area contributed by atoms with Gasteiger partial charge in [-0.1, -0.05) is 49.2 Å². The van der Waals surface area contributed by atoms with Crippen LogP contribution in [0.25, 0.3) is 6.08 Å². The molecule has 1 saturated carbocycles. The van der Waals surface area contributed by atoms with Crippen molar-refractivity contribution in [2.45, 2.75) is 50.4 Å². The first-order valence-corrected chi connectivity index (χ1v) is 12.6. The van der Waals surface area contributed by atoms with Crippen molar-refractivity contribution in [3.05, 3.63) is 75.7 Å². The molecule has 2 aliphatic rings. The van der Waals surface area contributed by atoms with E-state index < -0.39 is 0 Å². The third-order valence-electron chi connectivity index (χ3n) is 6.48. The Balaban J connectivity index is 1.53. The lowest BCUT2D eigenvalue weighted by molar-refractivity contribution is -0.130. The van der Waals surface area contributed by atoms with E-state index in [1.165, 1.54) is 24.0 Å². The molecule has 0 bridgehead atoms. The maximum atomic E-state index is 13.6. The summed E-state index contributed by atoms with van der Waals surface area (Å²) >= 11 is 1.74. The number of nitrogens with one attached hydrogen (secondary N) is 1. The summed E-state index contributed by atoms with van der Waals surface area (Å²) in [6.07, 6.45) is 6.61. The molecule has 2 aromatic carbocycles. The lowest BCUT2D eigenvalue weighted by Gasteiger charge is -2.44. The van der Waals surface area contributed by atoms with Gasteiger partial charge < -0.3 is 15.0 Å². The number of hydrogen-bond acceptors (Lipinski definition) is 4. The zero-order valence-corrected chi connectivity index (χ0v) is 20.2. The van der Waals surface area contributed by atoms with Crippen molar-refractivity contribution in [2.24, 2.45) is 0 Å². The van der Waals surface area contributed by atoms with Gasteiger partial charge in [0, 0.05) is 37.1 Å². The second-order valence-corrected chi connectivity index (χ2v) is 10.0. The van der Waals surface area contributed by atoms with Gasteiger partial charge in [-0.3, -0.25) is 9.59 Å². The van der Waals surface area contributed by atoms with Crippen molar-refractivity contribution >= 4 is 29.7 Å². The number of thioether (sulfide) groups is 1. The fourth-order valence-electron chi connectivity index (χ4n) is 4.58. The van der Waals surface area contributed by atoms with Crippen LogP contribution in [0.15, 0.2) is 53.4 Å². The molecule has 0 radical (unpaired) electrons. The summed E-state index contributed by atoms with van der Waals surface area (Å²) in [5.74, 6) is -0.00314. The fraction of sp³-hybridized carbons (Fsp3) is 0.407. The first kappa shape index (κ1) is 23.6. The SMILES string of the molecule is COCCNC(=O)c1ccc(/C=C2/SC3CCCCC3N(Cc3ccccc3C)C2=O)cc1. The Morgan fingerprint density at radius 3 is 2.67 bits per heavy atom. The van der Waals surface area contributed by atoms with Crippen molar-refractivity contribution in [2.75, 3.05) is 20.3 Å². The highest BCUT2D eigenvalue weighted by Gasteiger charge is 2.40. The molecule has 1 saturated heterocycles. The zero-order valence-electron chi connectivity index (χ0n) is 19.4. The molecule has 6 heteroatoms. The Labute approximate surface area is 200 Å². The third kappa shape index (κ3) is 5.68. The van der Waals surface area contributed by atoms with Crippen LogP contribution in [0.2, 0.25) is 0 Å². The van der Waals surface area contributed by atoms with Gasteiger partial charge in [-0.05, 0) is 54.7 Å². The summed E-state index contributed by atoms with van der Waals surface area (Å²) in [6, 6.07) is 16.1. The molecule has 1 heterocycles. The van der Waals surface area contributed by atoms with Crippen LogP contribution < -0.4 is 5.32 Å². The number of aryl methyl sites for hydroxylation is 1. The number of amides is 2. The Bertz CT molecular complexity index is 1020. The minimum atomic E-state index is -0.121. The van der Waals surface area contributed by atoms with Gasteiger partial charge in [0.25, 0.3) is 11.8 Å². The molecule has 2 unspecified atom stereocenters. The summed E-state index contributed by atoms with van der Waals surface area (Å²) in [4.78, 5) is 28.7. The minimum Gasteiger partial charge on any atom is -0.383 e. The average Bonchev–Trinajstić information content (AvgIpc) is 2.83. The monoisotopic (exact) mass is 464 g/mol. The van der Waals surface area contributed by atoms with E-state index >= 15 is 0 Å². The Kier molecular flexibility index (Phi) is 7.89. The topological polar surface area (TPSA) is 58.6 Å². The number of nitrogens with zero attached hydrogens (tertiary/aromatic N) is 1. The molecule has 174 valence electrons. The molecule has 2 fully saturated rings. The predicted octanol–water partition coefficient (Wildman–Crippen LogP) is 4.80. The molecule has 0 aromatic heterocycles. The summed E-state index contributed by atoms with van der Waals surface area (Å²) in [7, 11) is 1.61. The van der Waals surface area contributed by atoms with Gasteiger partial charge in [-0.25, -0.2) is 0 Å². The predicted molar refractivity (Wildman–Crippen MR) is 134 cm³/mol. The van der Waals surface area contributed by atoms with Crippen molar-refractivity contribution in [3.63, 3.8) is 0 Å². The van der Waals surface area contributed by atoms with Crippen molar-refractivity contribution in [3.8, 4) is 0 Å². The Hall–Kier alpha value is -2.57. The van der Waals surface area contributed by atoms with E-state index in [-0.39, 0.29) is 11.8 Å². The zero-order chi connectivity index (χ0) is 23.2. The molecule has 0 spiro atoms. The molecule has 5 nitrogen and oxygen atoms in total. The number of carbonyl (C=O) groups is 2. The average molecular weight is 465 g/mol. The van der Waals surface area contributed by atoms with Crippen LogP contribution in [0, 0.1) is 6.92 Å². The second kappa shape index (κ2) is 11.0. The number of methoxy groups -OCH3 is 1. The van der Waals surface area contributed by atoms with E-state index in [1.807, 2.05) is 30.3 Å². The molecule has 33 heavy (non-hydrogen) atoms. The van der Waals surface area contributed by atoms with Gasteiger partial charge in [-0.15, -0.1) is 11.8 Å². The van der Waals surface area contributed by atoms with Gasteiger partial charge in [-0.2, -0.15) is 0 Å². The first-order chi connectivity index (χ1) is 16.1. The lowest BCUT2D eigenvalue weighted by atomic mass is 9.92. The van der Waals surface area contributed by atoms with Gasteiger partial charge in [0.15, 0.2) is 0 Å². The number of hydrogen-bond donors (Lipinski definition) is 1. The molecule has 1 N–H and O–H groups in total. The summed E-state index contributed by atoms with van der Waals surface area (Å²) < 4.78 is 4.97. The van der Waals surface area contributed by atoms with Gasteiger partial charge in [0.1, 0.15) is 0 Å².